The number of pyridine rings is 1. The van der Waals surface area contributed by atoms with Crippen molar-refractivity contribution >= 4 is 16.8 Å². The van der Waals surface area contributed by atoms with Crippen LogP contribution in [0.2, 0.25) is 0 Å². The van der Waals surface area contributed by atoms with Crippen LogP contribution in [-0.4, -0.2) is 32.3 Å². The van der Waals surface area contributed by atoms with Gasteiger partial charge in [0.15, 0.2) is 0 Å². The van der Waals surface area contributed by atoms with E-state index in [1.165, 1.54) is 6.20 Å². The normalized spacial score (nSPS) is 14.0. The zero-order valence-electron chi connectivity index (χ0n) is 12.7. The lowest BCUT2D eigenvalue weighted by atomic mass is 10.1. The van der Waals surface area contributed by atoms with Crippen molar-refractivity contribution in [2.24, 2.45) is 0 Å². The van der Waals surface area contributed by atoms with Gasteiger partial charge < -0.3 is 14.9 Å². The Balaban J connectivity index is 1.74. The zero-order valence-corrected chi connectivity index (χ0v) is 12.7. The highest BCUT2D eigenvalue weighted by molar-refractivity contribution is 5.97. The van der Waals surface area contributed by atoms with E-state index in [0.717, 1.165) is 22.5 Å². The highest BCUT2D eigenvalue weighted by Gasteiger charge is 2.25. The summed E-state index contributed by atoms with van der Waals surface area (Å²) in [5.74, 6) is -0.241. The highest BCUT2D eigenvalue weighted by atomic mass is 16.2. The van der Waals surface area contributed by atoms with Gasteiger partial charge in [0, 0.05) is 24.5 Å². The van der Waals surface area contributed by atoms with Crippen LogP contribution in [-0.2, 0) is 13.0 Å². The number of nitrogens with zero attached hydrogens (tertiary/aromatic N) is 2. The van der Waals surface area contributed by atoms with E-state index in [0.29, 0.717) is 24.9 Å². The first kappa shape index (κ1) is 13.8. The minimum Gasteiger partial charge on any atom is -0.360 e. The van der Waals surface area contributed by atoms with Gasteiger partial charge in [-0.1, -0.05) is 12.1 Å². The number of nitrogens with one attached hydrogen (secondary N) is 2. The van der Waals surface area contributed by atoms with E-state index in [2.05, 4.69) is 15.0 Å². The quantitative estimate of drug-likeness (QED) is 0.718. The molecule has 0 aliphatic carbocycles. The summed E-state index contributed by atoms with van der Waals surface area (Å²) in [7, 11) is 0. The summed E-state index contributed by atoms with van der Waals surface area (Å²) < 4.78 is 0. The third-order valence-electron chi connectivity index (χ3n) is 4.42. The standard InChI is InChI=1S/C17H16N4O2/c1-10-3-2-4-11-15(10)18-7-12(16(11)22)17(23)21-6-5-13-14(8-21)20-9-19-13/h2-4,7,9H,5-6,8H2,1H3,(H,18,22)(H,19,20). The summed E-state index contributed by atoms with van der Waals surface area (Å²) in [5, 5.41) is 0.551. The van der Waals surface area contributed by atoms with Gasteiger partial charge in [-0.15, -0.1) is 0 Å². The first-order chi connectivity index (χ1) is 11.1. The summed E-state index contributed by atoms with van der Waals surface area (Å²) in [4.78, 5) is 37.5. The Kier molecular flexibility index (Phi) is 3.04. The molecule has 1 aliphatic heterocycles. The minimum absolute atomic E-state index is 0.186. The predicted molar refractivity (Wildman–Crippen MR) is 86.3 cm³/mol. The Morgan fingerprint density at radius 1 is 1.30 bits per heavy atom. The molecule has 116 valence electrons. The monoisotopic (exact) mass is 308 g/mol. The Morgan fingerprint density at radius 3 is 3.04 bits per heavy atom. The lowest BCUT2D eigenvalue weighted by Crippen LogP contribution is -2.38. The average Bonchev–Trinajstić information content (AvgIpc) is 3.03. The van der Waals surface area contributed by atoms with Gasteiger partial charge in [0.2, 0.25) is 5.43 Å². The van der Waals surface area contributed by atoms with Gasteiger partial charge in [-0.3, -0.25) is 9.59 Å². The summed E-state index contributed by atoms with van der Waals surface area (Å²) >= 11 is 0. The average molecular weight is 308 g/mol. The molecule has 4 rings (SSSR count). The van der Waals surface area contributed by atoms with E-state index < -0.39 is 0 Å². The molecule has 0 saturated carbocycles. The number of fused-ring (bicyclic) bond motifs is 2. The maximum absolute atomic E-state index is 12.8. The number of imidazole rings is 1. The molecular formula is C17H16N4O2. The van der Waals surface area contributed by atoms with Crippen LogP contribution in [0, 0.1) is 6.92 Å². The SMILES string of the molecule is Cc1cccc2c(=O)c(C(=O)N3CCc4nc[nH]c4C3)c[nH]c12. The molecule has 1 aliphatic rings. The molecule has 0 fully saturated rings. The van der Waals surface area contributed by atoms with Crippen LogP contribution in [0.25, 0.3) is 10.9 Å². The molecule has 0 bridgehead atoms. The summed E-state index contributed by atoms with van der Waals surface area (Å²) in [6, 6.07) is 5.52. The molecule has 6 nitrogen and oxygen atoms in total. The Bertz CT molecular complexity index is 970. The molecular weight excluding hydrogens is 292 g/mol. The van der Waals surface area contributed by atoms with Crippen LogP contribution in [0.4, 0.5) is 0 Å². The summed E-state index contributed by atoms with van der Waals surface area (Å²) in [5.41, 5.74) is 3.67. The fourth-order valence-electron chi connectivity index (χ4n) is 3.12. The second kappa shape index (κ2) is 5.08. The summed E-state index contributed by atoms with van der Waals surface area (Å²) in [6.45, 7) is 2.96. The van der Waals surface area contributed by atoms with E-state index >= 15 is 0 Å². The van der Waals surface area contributed by atoms with Crippen molar-refractivity contribution in [3.05, 3.63) is 63.5 Å². The fraction of sp³-hybridized carbons (Fsp3) is 0.235. The van der Waals surface area contributed by atoms with Crippen LogP contribution in [0.1, 0.15) is 27.3 Å². The first-order valence-corrected chi connectivity index (χ1v) is 7.56. The van der Waals surface area contributed by atoms with Crippen molar-refractivity contribution in [2.45, 2.75) is 19.9 Å². The smallest absolute Gasteiger partial charge is 0.259 e. The van der Waals surface area contributed by atoms with Gasteiger partial charge in [-0.25, -0.2) is 4.98 Å². The van der Waals surface area contributed by atoms with E-state index in [1.807, 2.05) is 19.1 Å². The number of carbonyl (C=O) groups excluding carboxylic acids is 1. The lowest BCUT2D eigenvalue weighted by molar-refractivity contribution is 0.0730. The molecule has 2 aromatic heterocycles. The number of rotatable bonds is 1. The summed E-state index contributed by atoms with van der Waals surface area (Å²) in [6.07, 6.45) is 3.88. The van der Waals surface area contributed by atoms with Gasteiger partial charge in [-0.05, 0) is 18.6 Å². The minimum atomic E-state index is -0.241. The van der Waals surface area contributed by atoms with E-state index in [1.54, 1.807) is 17.3 Å². The second-order valence-electron chi connectivity index (χ2n) is 5.83. The molecule has 0 atom stereocenters. The van der Waals surface area contributed by atoms with Gasteiger partial charge in [-0.2, -0.15) is 0 Å². The second-order valence-corrected chi connectivity index (χ2v) is 5.83. The van der Waals surface area contributed by atoms with E-state index in [-0.39, 0.29) is 16.9 Å². The van der Waals surface area contributed by atoms with Crippen molar-refractivity contribution in [1.29, 1.82) is 0 Å². The predicted octanol–water partition coefficient (Wildman–Crippen LogP) is 1.76. The van der Waals surface area contributed by atoms with Gasteiger partial charge in [0.05, 0.1) is 29.8 Å². The van der Waals surface area contributed by atoms with Crippen molar-refractivity contribution in [1.82, 2.24) is 19.9 Å². The Morgan fingerprint density at radius 2 is 2.17 bits per heavy atom. The van der Waals surface area contributed by atoms with Crippen LogP contribution >= 0.6 is 0 Å². The Hall–Kier alpha value is -2.89. The first-order valence-electron chi connectivity index (χ1n) is 7.56. The zero-order chi connectivity index (χ0) is 16.0. The molecule has 3 aromatic rings. The number of para-hydroxylation sites is 1. The number of benzene rings is 1. The molecule has 0 unspecified atom stereocenters. The maximum atomic E-state index is 12.8. The number of amides is 1. The number of carbonyl (C=O) groups is 1. The Labute approximate surface area is 132 Å². The molecule has 1 amide bonds. The van der Waals surface area contributed by atoms with Crippen molar-refractivity contribution in [3.8, 4) is 0 Å². The topological polar surface area (TPSA) is 81.8 Å². The number of aryl methyl sites for hydroxylation is 1. The van der Waals surface area contributed by atoms with Gasteiger partial charge in [0.25, 0.3) is 5.91 Å². The van der Waals surface area contributed by atoms with Crippen LogP contribution in [0.3, 0.4) is 0 Å². The van der Waals surface area contributed by atoms with Crippen LogP contribution < -0.4 is 5.43 Å². The molecule has 1 aromatic carbocycles. The van der Waals surface area contributed by atoms with Crippen molar-refractivity contribution in [2.75, 3.05) is 6.54 Å². The number of hydrogen-bond donors (Lipinski definition) is 2. The van der Waals surface area contributed by atoms with Crippen molar-refractivity contribution < 1.29 is 4.79 Å². The maximum Gasteiger partial charge on any atom is 0.259 e. The third-order valence-corrected chi connectivity index (χ3v) is 4.42. The van der Waals surface area contributed by atoms with E-state index in [4.69, 9.17) is 0 Å². The molecule has 23 heavy (non-hydrogen) atoms. The molecule has 3 heterocycles. The number of hydrogen-bond acceptors (Lipinski definition) is 3. The van der Waals surface area contributed by atoms with Crippen LogP contribution in [0.15, 0.2) is 35.5 Å². The molecule has 0 spiro atoms. The lowest BCUT2D eigenvalue weighted by Gasteiger charge is -2.26. The number of H-pyrrole nitrogens is 2. The fourth-order valence-corrected chi connectivity index (χ4v) is 3.12. The molecule has 0 saturated heterocycles. The number of aromatic nitrogens is 3. The van der Waals surface area contributed by atoms with Gasteiger partial charge in [0.1, 0.15) is 5.56 Å². The molecule has 6 heteroatoms. The van der Waals surface area contributed by atoms with E-state index in [9.17, 15) is 9.59 Å². The molecule has 2 N–H and O–H groups in total. The molecule has 0 radical (unpaired) electrons. The van der Waals surface area contributed by atoms with Crippen LogP contribution in [0.5, 0.6) is 0 Å². The van der Waals surface area contributed by atoms with Crippen molar-refractivity contribution in [3.63, 3.8) is 0 Å². The third kappa shape index (κ3) is 2.14. The largest absolute Gasteiger partial charge is 0.360 e. The van der Waals surface area contributed by atoms with Gasteiger partial charge >= 0.3 is 0 Å². The number of aromatic amines is 2. The highest BCUT2D eigenvalue weighted by Crippen LogP contribution is 2.18.